The fraction of sp³-hybridized carbons (Fsp3) is 0.381. The first-order valence-electron chi connectivity index (χ1n) is 9.14. The van der Waals surface area contributed by atoms with Gasteiger partial charge in [0, 0.05) is 24.3 Å². The number of likely N-dealkylation sites (tertiary alicyclic amines) is 1. The zero-order valence-corrected chi connectivity index (χ0v) is 15.5. The molecule has 2 aromatic carbocycles. The number of nitrogens with zero attached hydrogens (tertiary/aromatic N) is 1. The van der Waals surface area contributed by atoms with E-state index in [1.54, 1.807) is 12.1 Å². The molecule has 1 fully saturated rings. The molecule has 4 N–H and O–H groups in total. The highest BCUT2D eigenvalue weighted by Crippen LogP contribution is 2.38. The fourth-order valence-corrected chi connectivity index (χ4v) is 4.23. The van der Waals surface area contributed by atoms with E-state index in [9.17, 15) is 14.3 Å². The summed E-state index contributed by atoms with van der Waals surface area (Å²) in [6, 6.07) is 16.1. The number of nitrogens with two attached hydrogens (primary N) is 1. The van der Waals surface area contributed by atoms with Gasteiger partial charge in [-0.3, -0.25) is 0 Å². The summed E-state index contributed by atoms with van der Waals surface area (Å²) in [5.74, 6) is -0.317. The first kappa shape index (κ1) is 19.2. The van der Waals surface area contributed by atoms with Gasteiger partial charge in [-0.2, -0.15) is 0 Å². The number of anilines is 1. The molecule has 0 spiro atoms. The number of benzene rings is 2. The Morgan fingerprint density at radius 1 is 1.26 bits per heavy atom. The molecule has 0 bridgehead atoms. The maximum atomic E-state index is 13.6. The summed E-state index contributed by atoms with van der Waals surface area (Å²) in [5, 5.41) is 13.1. The molecule has 144 valence electrons. The topological polar surface area (TPSA) is 78.6 Å². The SMILES string of the molecule is C[C@]1(Cc2ccccc2)C[C@](CN)(Nc2cccc(F)c2)CCN1C(=O)O. The Labute approximate surface area is 159 Å². The van der Waals surface area contributed by atoms with Crippen molar-refractivity contribution in [2.75, 3.05) is 18.4 Å². The highest BCUT2D eigenvalue weighted by molar-refractivity contribution is 5.67. The quantitative estimate of drug-likeness (QED) is 0.749. The monoisotopic (exact) mass is 371 g/mol. The van der Waals surface area contributed by atoms with Crippen molar-refractivity contribution in [1.82, 2.24) is 4.90 Å². The van der Waals surface area contributed by atoms with Gasteiger partial charge in [0.25, 0.3) is 0 Å². The molecule has 6 heteroatoms. The van der Waals surface area contributed by atoms with Crippen LogP contribution in [0.1, 0.15) is 25.3 Å². The van der Waals surface area contributed by atoms with Crippen molar-refractivity contribution < 1.29 is 14.3 Å². The van der Waals surface area contributed by atoms with Gasteiger partial charge < -0.3 is 21.1 Å². The number of rotatable bonds is 5. The second-order valence-electron chi connectivity index (χ2n) is 7.64. The van der Waals surface area contributed by atoms with Crippen molar-refractivity contribution in [3.05, 3.63) is 66.0 Å². The molecule has 0 aliphatic carbocycles. The summed E-state index contributed by atoms with van der Waals surface area (Å²) in [6.07, 6.45) is 0.766. The number of hydrogen-bond acceptors (Lipinski definition) is 3. The minimum Gasteiger partial charge on any atom is -0.465 e. The lowest BCUT2D eigenvalue weighted by Gasteiger charge is -2.52. The van der Waals surface area contributed by atoms with Crippen LogP contribution in [-0.2, 0) is 6.42 Å². The Hall–Kier alpha value is -2.60. The minimum atomic E-state index is -0.926. The Morgan fingerprint density at radius 3 is 2.63 bits per heavy atom. The van der Waals surface area contributed by atoms with Crippen LogP contribution in [0.5, 0.6) is 0 Å². The molecule has 1 saturated heterocycles. The summed E-state index contributed by atoms with van der Waals surface area (Å²) in [4.78, 5) is 13.4. The average molecular weight is 371 g/mol. The molecule has 1 aliphatic rings. The number of hydrogen-bond donors (Lipinski definition) is 3. The maximum Gasteiger partial charge on any atom is 0.407 e. The lowest BCUT2D eigenvalue weighted by atomic mass is 9.73. The van der Waals surface area contributed by atoms with Crippen molar-refractivity contribution in [2.24, 2.45) is 5.73 Å². The Bertz CT molecular complexity index is 801. The fourth-order valence-electron chi connectivity index (χ4n) is 4.23. The zero-order chi connectivity index (χ0) is 19.5. The molecule has 1 aliphatic heterocycles. The van der Waals surface area contributed by atoms with Gasteiger partial charge in [-0.05, 0) is 49.9 Å². The van der Waals surface area contributed by atoms with Gasteiger partial charge in [0.1, 0.15) is 5.82 Å². The molecule has 3 rings (SSSR count). The van der Waals surface area contributed by atoms with E-state index in [1.165, 1.54) is 17.0 Å². The van der Waals surface area contributed by atoms with Crippen LogP contribution in [0.3, 0.4) is 0 Å². The summed E-state index contributed by atoms with van der Waals surface area (Å²) in [5.41, 5.74) is 6.75. The van der Waals surface area contributed by atoms with Crippen LogP contribution >= 0.6 is 0 Å². The van der Waals surface area contributed by atoms with Crippen molar-refractivity contribution in [3.8, 4) is 0 Å². The van der Waals surface area contributed by atoms with Gasteiger partial charge in [-0.15, -0.1) is 0 Å². The van der Waals surface area contributed by atoms with E-state index in [0.717, 1.165) is 5.56 Å². The van der Waals surface area contributed by atoms with Crippen LogP contribution in [-0.4, -0.2) is 40.3 Å². The van der Waals surface area contributed by atoms with Gasteiger partial charge in [0.15, 0.2) is 0 Å². The molecule has 1 heterocycles. The molecule has 1 amide bonds. The van der Waals surface area contributed by atoms with Crippen molar-refractivity contribution in [1.29, 1.82) is 0 Å². The van der Waals surface area contributed by atoms with Gasteiger partial charge in [0.05, 0.1) is 5.54 Å². The molecule has 0 aromatic heterocycles. The molecule has 27 heavy (non-hydrogen) atoms. The predicted octanol–water partition coefficient (Wildman–Crippen LogP) is 3.71. The molecule has 0 saturated carbocycles. The standard InChI is InChI=1S/C21H26FN3O2/c1-20(13-16-6-3-2-4-7-16)14-21(15-23,10-11-25(20)19(26)27)24-18-9-5-8-17(22)12-18/h2-9,12,24H,10-11,13-15,23H2,1H3,(H,26,27)/t20-,21+/m0/s1. The van der Waals surface area contributed by atoms with Crippen LogP contribution in [0.4, 0.5) is 14.9 Å². The Kier molecular flexibility index (Phi) is 5.37. The third-order valence-electron chi connectivity index (χ3n) is 5.47. The van der Waals surface area contributed by atoms with Crippen LogP contribution in [0.2, 0.25) is 0 Å². The highest BCUT2D eigenvalue weighted by atomic mass is 19.1. The minimum absolute atomic E-state index is 0.317. The highest BCUT2D eigenvalue weighted by Gasteiger charge is 2.48. The smallest absolute Gasteiger partial charge is 0.407 e. The lowest BCUT2D eigenvalue weighted by Crippen LogP contribution is -2.64. The molecule has 0 radical (unpaired) electrons. The summed E-state index contributed by atoms with van der Waals surface area (Å²) in [6.45, 7) is 2.67. The normalized spacial score (nSPS) is 25.2. The second-order valence-corrected chi connectivity index (χ2v) is 7.64. The van der Waals surface area contributed by atoms with E-state index in [2.05, 4.69) is 5.32 Å². The lowest BCUT2D eigenvalue weighted by molar-refractivity contribution is 0.0343. The molecule has 2 atom stereocenters. The van der Waals surface area contributed by atoms with E-state index in [1.807, 2.05) is 37.3 Å². The van der Waals surface area contributed by atoms with Crippen molar-refractivity contribution in [3.63, 3.8) is 0 Å². The molecule has 0 unspecified atom stereocenters. The summed E-state index contributed by atoms with van der Waals surface area (Å²) < 4.78 is 13.6. The Morgan fingerprint density at radius 2 is 2.00 bits per heavy atom. The van der Waals surface area contributed by atoms with Crippen LogP contribution in [0.15, 0.2) is 54.6 Å². The third kappa shape index (κ3) is 4.22. The van der Waals surface area contributed by atoms with E-state index in [4.69, 9.17) is 5.73 Å². The number of piperidine rings is 1. The maximum absolute atomic E-state index is 13.6. The van der Waals surface area contributed by atoms with Crippen molar-refractivity contribution >= 4 is 11.8 Å². The number of carbonyl (C=O) groups is 1. The molecule has 5 nitrogen and oxygen atoms in total. The second kappa shape index (κ2) is 7.56. The molecule has 2 aromatic rings. The Balaban J connectivity index is 1.90. The van der Waals surface area contributed by atoms with E-state index in [-0.39, 0.29) is 5.82 Å². The van der Waals surface area contributed by atoms with Crippen molar-refractivity contribution in [2.45, 2.75) is 37.3 Å². The number of carboxylic acid groups (broad SMARTS) is 1. The predicted molar refractivity (Wildman–Crippen MR) is 104 cm³/mol. The van der Waals surface area contributed by atoms with Gasteiger partial charge in [-0.25, -0.2) is 9.18 Å². The third-order valence-corrected chi connectivity index (χ3v) is 5.47. The number of nitrogens with one attached hydrogen (secondary N) is 1. The number of halogens is 1. The average Bonchev–Trinajstić information content (AvgIpc) is 2.62. The van der Waals surface area contributed by atoms with E-state index < -0.39 is 17.2 Å². The van der Waals surface area contributed by atoms with E-state index >= 15 is 0 Å². The summed E-state index contributed by atoms with van der Waals surface area (Å²) in [7, 11) is 0. The van der Waals surface area contributed by atoms with Gasteiger partial charge in [0.2, 0.25) is 0 Å². The van der Waals surface area contributed by atoms with E-state index in [0.29, 0.717) is 38.0 Å². The van der Waals surface area contributed by atoms with Crippen LogP contribution < -0.4 is 11.1 Å². The summed E-state index contributed by atoms with van der Waals surface area (Å²) >= 11 is 0. The number of amides is 1. The van der Waals surface area contributed by atoms with Crippen LogP contribution in [0, 0.1) is 5.82 Å². The van der Waals surface area contributed by atoms with Gasteiger partial charge >= 0.3 is 6.09 Å². The molecular formula is C21H26FN3O2. The van der Waals surface area contributed by atoms with Crippen LogP contribution in [0.25, 0.3) is 0 Å². The largest absolute Gasteiger partial charge is 0.465 e. The first-order valence-corrected chi connectivity index (χ1v) is 9.14. The molecular weight excluding hydrogens is 345 g/mol. The van der Waals surface area contributed by atoms with Gasteiger partial charge in [-0.1, -0.05) is 36.4 Å². The first-order chi connectivity index (χ1) is 12.9. The zero-order valence-electron chi connectivity index (χ0n) is 15.5.